The summed E-state index contributed by atoms with van der Waals surface area (Å²) in [4.78, 5) is 14.0. The Hall–Kier alpha value is -2.35. The van der Waals surface area contributed by atoms with Crippen molar-refractivity contribution in [3.63, 3.8) is 0 Å². The maximum Gasteiger partial charge on any atom is 0.338 e. The van der Waals surface area contributed by atoms with Gasteiger partial charge in [0.2, 0.25) is 5.95 Å². The zero-order valence-electron chi connectivity index (χ0n) is 15.2. The summed E-state index contributed by atoms with van der Waals surface area (Å²) in [5.74, 6) is 0.190. The number of fused-ring (bicyclic) bond motifs is 1. The molecular formula is C18H23N5O2S. The number of nitrogens with one attached hydrogen (secondary N) is 1. The normalized spacial score (nSPS) is 16.2. The van der Waals surface area contributed by atoms with Gasteiger partial charge in [0, 0.05) is 10.6 Å². The highest BCUT2D eigenvalue weighted by Crippen LogP contribution is 2.35. The molecule has 138 valence electrons. The van der Waals surface area contributed by atoms with Gasteiger partial charge in [-0.1, -0.05) is 37.0 Å². The molecule has 0 aliphatic carbocycles. The van der Waals surface area contributed by atoms with Crippen molar-refractivity contribution < 1.29 is 9.53 Å². The molecule has 1 N–H and O–H groups in total. The van der Waals surface area contributed by atoms with E-state index in [0.717, 1.165) is 29.7 Å². The van der Waals surface area contributed by atoms with Gasteiger partial charge in [-0.2, -0.15) is 4.68 Å². The van der Waals surface area contributed by atoms with E-state index in [4.69, 9.17) is 4.74 Å². The van der Waals surface area contributed by atoms with Gasteiger partial charge in [-0.25, -0.2) is 4.79 Å². The predicted octanol–water partition coefficient (Wildman–Crippen LogP) is 3.42. The largest absolute Gasteiger partial charge is 0.462 e. The number of ether oxygens (including phenoxy) is 1. The summed E-state index contributed by atoms with van der Waals surface area (Å²) in [6, 6.07) is 7.67. The van der Waals surface area contributed by atoms with Gasteiger partial charge in [-0.3, -0.25) is 0 Å². The van der Waals surface area contributed by atoms with Gasteiger partial charge in [-0.05, 0) is 47.7 Å². The van der Waals surface area contributed by atoms with Crippen molar-refractivity contribution in [1.82, 2.24) is 20.2 Å². The second-order valence-corrected chi connectivity index (χ2v) is 7.01. The smallest absolute Gasteiger partial charge is 0.338 e. The number of carbonyl (C=O) groups is 1. The number of esters is 1. The quantitative estimate of drug-likeness (QED) is 0.452. The number of hydrogen-bond donors (Lipinski definition) is 1. The van der Waals surface area contributed by atoms with Crippen molar-refractivity contribution >= 4 is 23.7 Å². The third kappa shape index (κ3) is 3.75. The molecule has 1 aliphatic heterocycles. The Morgan fingerprint density at radius 2 is 2.08 bits per heavy atom. The summed E-state index contributed by atoms with van der Waals surface area (Å²) in [6.45, 7) is 4.39. The Balaban J connectivity index is 1.92. The van der Waals surface area contributed by atoms with Gasteiger partial charge >= 0.3 is 5.97 Å². The van der Waals surface area contributed by atoms with Crippen LogP contribution in [0, 0.1) is 0 Å². The molecule has 0 radical (unpaired) electrons. The number of unbranched alkanes of at least 4 members (excludes halogenated alkanes) is 2. The van der Waals surface area contributed by atoms with Crippen LogP contribution in [-0.2, 0) is 9.53 Å². The van der Waals surface area contributed by atoms with Crippen molar-refractivity contribution in [3.8, 4) is 0 Å². The van der Waals surface area contributed by atoms with Crippen molar-refractivity contribution in [2.45, 2.75) is 44.0 Å². The number of carbonyl (C=O) groups excluding carboxylic acids is 1. The van der Waals surface area contributed by atoms with E-state index in [1.54, 1.807) is 16.4 Å². The van der Waals surface area contributed by atoms with E-state index in [9.17, 15) is 4.79 Å². The van der Waals surface area contributed by atoms with E-state index in [1.807, 2.05) is 37.4 Å². The Labute approximate surface area is 157 Å². The van der Waals surface area contributed by atoms with Crippen LogP contribution in [0.25, 0.3) is 0 Å². The van der Waals surface area contributed by atoms with Gasteiger partial charge in [0.05, 0.1) is 12.2 Å². The summed E-state index contributed by atoms with van der Waals surface area (Å²) in [5, 5.41) is 14.9. The number of hydrogen-bond acceptors (Lipinski definition) is 7. The SMILES string of the molecule is CCCCCOC(=O)C1=C(C)Nc2nnnn2[C@H]1c1ccc(SC)cc1. The lowest BCUT2D eigenvalue weighted by atomic mass is 9.96. The van der Waals surface area contributed by atoms with Crippen LogP contribution in [-0.4, -0.2) is 39.0 Å². The predicted molar refractivity (Wildman–Crippen MR) is 101 cm³/mol. The fourth-order valence-corrected chi connectivity index (χ4v) is 3.37. The number of thioether (sulfide) groups is 1. The first-order chi connectivity index (χ1) is 12.7. The molecule has 1 aliphatic rings. The standard InChI is InChI=1S/C18H23N5O2S/c1-4-5-6-11-25-17(24)15-12(2)19-18-20-21-22-23(18)16(15)13-7-9-14(26-3)10-8-13/h7-10,16H,4-6,11H2,1-3H3,(H,19,20,22)/t16-/m0/s1. The maximum absolute atomic E-state index is 12.8. The summed E-state index contributed by atoms with van der Waals surface area (Å²) in [5.41, 5.74) is 2.20. The molecule has 0 saturated heterocycles. The second-order valence-electron chi connectivity index (χ2n) is 6.13. The number of nitrogens with zero attached hydrogens (tertiary/aromatic N) is 4. The molecule has 3 rings (SSSR count). The van der Waals surface area contributed by atoms with E-state index >= 15 is 0 Å². The van der Waals surface area contributed by atoms with E-state index in [0.29, 0.717) is 23.8 Å². The molecule has 26 heavy (non-hydrogen) atoms. The van der Waals surface area contributed by atoms with Crippen LogP contribution in [0.2, 0.25) is 0 Å². The van der Waals surface area contributed by atoms with Crippen LogP contribution in [0.3, 0.4) is 0 Å². The number of anilines is 1. The van der Waals surface area contributed by atoms with Crippen LogP contribution in [0.1, 0.15) is 44.7 Å². The molecule has 1 aromatic carbocycles. The topological polar surface area (TPSA) is 81.9 Å². The summed E-state index contributed by atoms with van der Waals surface area (Å²) >= 11 is 1.67. The van der Waals surface area contributed by atoms with Crippen LogP contribution < -0.4 is 5.32 Å². The fourth-order valence-electron chi connectivity index (χ4n) is 2.97. The lowest BCUT2D eigenvalue weighted by molar-refractivity contribution is -0.139. The zero-order chi connectivity index (χ0) is 18.5. The highest BCUT2D eigenvalue weighted by molar-refractivity contribution is 7.98. The van der Waals surface area contributed by atoms with Crippen LogP contribution in [0.15, 0.2) is 40.4 Å². The average Bonchev–Trinajstić information content (AvgIpc) is 3.12. The number of tetrazole rings is 1. The number of aromatic nitrogens is 4. The lowest BCUT2D eigenvalue weighted by Gasteiger charge is -2.27. The highest BCUT2D eigenvalue weighted by atomic mass is 32.2. The van der Waals surface area contributed by atoms with Gasteiger partial charge < -0.3 is 10.1 Å². The lowest BCUT2D eigenvalue weighted by Crippen LogP contribution is -2.29. The minimum Gasteiger partial charge on any atom is -0.462 e. The Bertz CT molecular complexity index is 800. The van der Waals surface area contributed by atoms with Crippen molar-refractivity contribution in [3.05, 3.63) is 41.1 Å². The molecule has 2 aromatic rings. The molecule has 0 saturated carbocycles. The first-order valence-electron chi connectivity index (χ1n) is 8.72. The van der Waals surface area contributed by atoms with Crippen LogP contribution in [0.5, 0.6) is 0 Å². The minimum absolute atomic E-state index is 0.328. The second kappa shape index (κ2) is 8.35. The molecular weight excluding hydrogens is 350 g/mol. The summed E-state index contributed by atoms with van der Waals surface area (Å²) in [7, 11) is 0. The Kier molecular flexibility index (Phi) is 5.92. The van der Waals surface area contributed by atoms with Crippen molar-refractivity contribution in [1.29, 1.82) is 0 Å². The van der Waals surface area contributed by atoms with Crippen LogP contribution >= 0.6 is 11.8 Å². The number of rotatable bonds is 7. The third-order valence-corrected chi connectivity index (χ3v) is 5.09. The van der Waals surface area contributed by atoms with E-state index in [2.05, 4.69) is 27.8 Å². The molecule has 2 heterocycles. The zero-order valence-corrected chi connectivity index (χ0v) is 16.0. The molecule has 7 nitrogen and oxygen atoms in total. The maximum atomic E-state index is 12.8. The van der Waals surface area contributed by atoms with Crippen LogP contribution in [0.4, 0.5) is 5.95 Å². The molecule has 0 bridgehead atoms. The third-order valence-electron chi connectivity index (χ3n) is 4.35. The summed E-state index contributed by atoms with van der Waals surface area (Å²) < 4.78 is 7.15. The Morgan fingerprint density at radius 3 is 2.77 bits per heavy atom. The van der Waals surface area contributed by atoms with Gasteiger partial charge in [0.1, 0.15) is 6.04 Å². The molecule has 0 amide bonds. The molecule has 1 atom stereocenters. The van der Waals surface area contributed by atoms with E-state index in [-0.39, 0.29) is 5.97 Å². The van der Waals surface area contributed by atoms with Gasteiger partial charge in [-0.15, -0.1) is 11.8 Å². The first kappa shape index (κ1) is 18.4. The molecule has 0 fully saturated rings. The van der Waals surface area contributed by atoms with E-state index in [1.165, 1.54) is 0 Å². The first-order valence-corrected chi connectivity index (χ1v) is 9.95. The van der Waals surface area contributed by atoms with Crippen molar-refractivity contribution in [2.75, 3.05) is 18.2 Å². The molecule has 1 aromatic heterocycles. The van der Waals surface area contributed by atoms with Gasteiger partial charge in [0.15, 0.2) is 0 Å². The van der Waals surface area contributed by atoms with E-state index < -0.39 is 6.04 Å². The molecule has 0 spiro atoms. The average molecular weight is 373 g/mol. The Morgan fingerprint density at radius 1 is 1.31 bits per heavy atom. The fraction of sp³-hybridized carbons (Fsp3) is 0.444. The minimum atomic E-state index is -0.407. The molecule has 8 heteroatoms. The van der Waals surface area contributed by atoms with Gasteiger partial charge in [0.25, 0.3) is 0 Å². The number of allylic oxidation sites excluding steroid dienone is 1. The highest BCUT2D eigenvalue weighted by Gasteiger charge is 2.34. The number of benzene rings is 1. The summed E-state index contributed by atoms with van der Waals surface area (Å²) in [6.07, 6.45) is 5.02. The molecule has 0 unspecified atom stereocenters. The van der Waals surface area contributed by atoms with Crippen molar-refractivity contribution in [2.24, 2.45) is 0 Å². The monoisotopic (exact) mass is 373 g/mol.